The Hall–Kier alpha value is -0.990. The molecular formula is C10H12ClNO. The van der Waals surface area contributed by atoms with Crippen molar-refractivity contribution in [1.82, 2.24) is 0 Å². The first-order valence-corrected chi connectivity index (χ1v) is 4.38. The third kappa shape index (κ3) is 2.47. The summed E-state index contributed by atoms with van der Waals surface area (Å²) in [6.07, 6.45) is 2.36. The van der Waals surface area contributed by atoms with E-state index in [2.05, 4.69) is 6.58 Å². The van der Waals surface area contributed by atoms with Crippen LogP contribution < -0.4 is 5.73 Å². The Bertz CT molecular complexity index is 312. The van der Waals surface area contributed by atoms with Crippen molar-refractivity contribution in [2.45, 2.75) is 12.5 Å². The number of nitrogens with two attached hydrogens (primary N) is 1. The summed E-state index contributed by atoms with van der Waals surface area (Å²) in [6, 6.07) is 4.71. The minimum Gasteiger partial charge on any atom is -0.508 e. The molecular weight excluding hydrogens is 186 g/mol. The number of phenols is 1. The van der Waals surface area contributed by atoms with Crippen molar-refractivity contribution in [3.8, 4) is 5.75 Å². The van der Waals surface area contributed by atoms with E-state index in [0.717, 1.165) is 0 Å². The van der Waals surface area contributed by atoms with Crippen molar-refractivity contribution < 1.29 is 5.11 Å². The van der Waals surface area contributed by atoms with Crippen LogP contribution in [0.5, 0.6) is 5.75 Å². The van der Waals surface area contributed by atoms with Crippen LogP contribution >= 0.6 is 11.6 Å². The number of hydrogen-bond acceptors (Lipinski definition) is 2. The molecule has 0 aliphatic rings. The van der Waals surface area contributed by atoms with Crippen molar-refractivity contribution in [1.29, 1.82) is 0 Å². The number of hydrogen-bond donors (Lipinski definition) is 2. The zero-order chi connectivity index (χ0) is 9.84. The van der Waals surface area contributed by atoms with E-state index >= 15 is 0 Å². The highest BCUT2D eigenvalue weighted by Gasteiger charge is 2.08. The normalized spacial score (nSPS) is 12.5. The molecule has 2 nitrogen and oxygen atoms in total. The van der Waals surface area contributed by atoms with Crippen LogP contribution in [0.3, 0.4) is 0 Å². The molecule has 1 aromatic rings. The molecule has 0 bridgehead atoms. The van der Waals surface area contributed by atoms with Gasteiger partial charge in [0, 0.05) is 16.6 Å². The first-order chi connectivity index (χ1) is 6.15. The van der Waals surface area contributed by atoms with Crippen LogP contribution in [-0.2, 0) is 0 Å². The molecule has 3 heteroatoms. The second-order valence-electron chi connectivity index (χ2n) is 2.83. The largest absolute Gasteiger partial charge is 0.508 e. The molecule has 70 valence electrons. The van der Waals surface area contributed by atoms with Gasteiger partial charge in [0.15, 0.2) is 0 Å². The van der Waals surface area contributed by atoms with Gasteiger partial charge in [-0.2, -0.15) is 0 Å². The van der Waals surface area contributed by atoms with Crippen molar-refractivity contribution in [3.05, 3.63) is 41.4 Å². The number of halogens is 1. The Morgan fingerprint density at radius 2 is 2.31 bits per heavy atom. The SMILES string of the molecule is C=CCC(N)c1ccc(Cl)cc1O. The number of benzene rings is 1. The van der Waals surface area contributed by atoms with Gasteiger partial charge in [-0.25, -0.2) is 0 Å². The molecule has 0 saturated carbocycles. The van der Waals surface area contributed by atoms with Gasteiger partial charge in [0.2, 0.25) is 0 Å². The van der Waals surface area contributed by atoms with Crippen LogP contribution in [-0.4, -0.2) is 5.11 Å². The highest BCUT2D eigenvalue weighted by Crippen LogP contribution is 2.27. The van der Waals surface area contributed by atoms with E-state index in [0.29, 0.717) is 17.0 Å². The van der Waals surface area contributed by atoms with Gasteiger partial charge in [0.25, 0.3) is 0 Å². The molecule has 0 radical (unpaired) electrons. The fraction of sp³-hybridized carbons (Fsp3) is 0.200. The van der Waals surface area contributed by atoms with Crippen LogP contribution in [0.2, 0.25) is 5.02 Å². The highest BCUT2D eigenvalue weighted by molar-refractivity contribution is 6.30. The average Bonchev–Trinajstić information content (AvgIpc) is 2.04. The minimum atomic E-state index is -0.213. The molecule has 0 saturated heterocycles. The summed E-state index contributed by atoms with van der Waals surface area (Å²) in [5.74, 6) is 0.141. The summed E-state index contributed by atoms with van der Waals surface area (Å²) < 4.78 is 0. The second kappa shape index (κ2) is 4.30. The standard InChI is InChI=1S/C10H12ClNO/c1-2-3-9(12)8-5-4-7(11)6-10(8)13/h2,4-6,9,13H,1,3,12H2. The lowest BCUT2D eigenvalue weighted by atomic mass is 10.0. The summed E-state index contributed by atoms with van der Waals surface area (Å²) in [4.78, 5) is 0. The fourth-order valence-corrected chi connectivity index (χ4v) is 1.30. The lowest BCUT2D eigenvalue weighted by Crippen LogP contribution is -2.08. The maximum absolute atomic E-state index is 9.49. The number of phenolic OH excluding ortho intramolecular Hbond substituents is 1. The van der Waals surface area contributed by atoms with Gasteiger partial charge in [-0.3, -0.25) is 0 Å². The molecule has 13 heavy (non-hydrogen) atoms. The maximum Gasteiger partial charge on any atom is 0.121 e. The Morgan fingerprint density at radius 3 is 2.85 bits per heavy atom. The van der Waals surface area contributed by atoms with Crippen LogP contribution in [0.25, 0.3) is 0 Å². The van der Waals surface area contributed by atoms with Gasteiger partial charge in [-0.15, -0.1) is 6.58 Å². The first kappa shape index (κ1) is 10.1. The molecule has 1 aromatic carbocycles. The van der Waals surface area contributed by atoms with Gasteiger partial charge in [0.05, 0.1) is 0 Å². The Balaban J connectivity index is 2.94. The van der Waals surface area contributed by atoms with Crippen molar-refractivity contribution in [2.75, 3.05) is 0 Å². The Morgan fingerprint density at radius 1 is 1.62 bits per heavy atom. The van der Waals surface area contributed by atoms with E-state index in [4.69, 9.17) is 17.3 Å². The predicted octanol–water partition coefficient (Wildman–Crippen LogP) is 2.62. The zero-order valence-electron chi connectivity index (χ0n) is 7.20. The summed E-state index contributed by atoms with van der Waals surface area (Å²) in [6.45, 7) is 3.59. The number of rotatable bonds is 3. The molecule has 1 unspecified atom stereocenters. The smallest absolute Gasteiger partial charge is 0.121 e. The predicted molar refractivity (Wildman–Crippen MR) is 54.9 cm³/mol. The van der Waals surface area contributed by atoms with Gasteiger partial charge in [0.1, 0.15) is 5.75 Å². The lowest BCUT2D eigenvalue weighted by molar-refractivity contribution is 0.462. The van der Waals surface area contributed by atoms with Crippen molar-refractivity contribution in [3.63, 3.8) is 0 Å². The zero-order valence-corrected chi connectivity index (χ0v) is 7.96. The van der Waals surface area contributed by atoms with E-state index in [1.165, 1.54) is 6.07 Å². The van der Waals surface area contributed by atoms with Gasteiger partial charge in [-0.1, -0.05) is 23.7 Å². The molecule has 0 aliphatic heterocycles. The third-order valence-corrected chi connectivity index (χ3v) is 2.05. The van der Waals surface area contributed by atoms with Crippen LogP contribution in [0.4, 0.5) is 0 Å². The molecule has 0 fully saturated rings. The molecule has 0 heterocycles. The molecule has 1 rings (SSSR count). The van der Waals surface area contributed by atoms with Gasteiger partial charge < -0.3 is 10.8 Å². The van der Waals surface area contributed by atoms with E-state index in [1.807, 2.05) is 0 Å². The molecule has 0 amide bonds. The van der Waals surface area contributed by atoms with E-state index < -0.39 is 0 Å². The summed E-state index contributed by atoms with van der Waals surface area (Å²) in [5, 5.41) is 10.00. The third-order valence-electron chi connectivity index (χ3n) is 1.81. The fourth-order valence-electron chi connectivity index (χ4n) is 1.14. The Labute approximate surface area is 82.6 Å². The monoisotopic (exact) mass is 197 g/mol. The van der Waals surface area contributed by atoms with Crippen LogP contribution in [0.1, 0.15) is 18.0 Å². The topological polar surface area (TPSA) is 46.2 Å². The lowest BCUT2D eigenvalue weighted by Gasteiger charge is -2.11. The molecule has 0 aliphatic carbocycles. The van der Waals surface area contributed by atoms with E-state index in [-0.39, 0.29) is 11.8 Å². The summed E-state index contributed by atoms with van der Waals surface area (Å²) in [5.41, 5.74) is 6.48. The van der Waals surface area contributed by atoms with Crippen LogP contribution in [0, 0.1) is 0 Å². The van der Waals surface area contributed by atoms with E-state index in [9.17, 15) is 5.11 Å². The first-order valence-electron chi connectivity index (χ1n) is 4.00. The molecule has 1 atom stereocenters. The summed E-state index contributed by atoms with van der Waals surface area (Å²) in [7, 11) is 0. The quantitative estimate of drug-likeness (QED) is 0.732. The average molecular weight is 198 g/mol. The number of aromatic hydroxyl groups is 1. The summed E-state index contributed by atoms with van der Waals surface area (Å²) >= 11 is 5.68. The highest BCUT2D eigenvalue weighted by atomic mass is 35.5. The minimum absolute atomic E-state index is 0.141. The van der Waals surface area contributed by atoms with E-state index in [1.54, 1.807) is 18.2 Å². The second-order valence-corrected chi connectivity index (χ2v) is 3.27. The molecule has 3 N–H and O–H groups in total. The van der Waals surface area contributed by atoms with Crippen molar-refractivity contribution in [2.24, 2.45) is 5.73 Å². The maximum atomic E-state index is 9.49. The van der Waals surface area contributed by atoms with Gasteiger partial charge in [-0.05, 0) is 18.6 Å². The van der Waals surface area contributed by atoms with Crippen LogP contribution in [0.15, 0.2) is 30.9 Å². The van der Waals surface area contributed by atoms with Crippen molar-refractivity contribution >= 4 is 11.6 Å². The van der Waals surface area contributed by atoms with Gasteiger partial charge >= 0.3 is 0 Å². The molecule has 0 spiro atoms. The molecule has 0 aromatic heterocycles. The Kier molecular flexibility index (Phi) is 3.34.